The van der Waals surface area contributed by atoms with Gasteiger partial charge in [-0.2, -0.15) is 38.4 Å². The molecule has 0 radical (unpaired) electrons. The molecule has 0 unspecified atom stereocenters. The van der Waals surface area contributed by atoms with Crippen LogP contribution in [0.4, 0.5) is 21.0 Å². The Hall–Kier alpha value is -15.5. The van der Waals surface area contributed by atoms with Crippen molar-refractivity contribution >= 4 is 172 Å². The van der Waals surface area contributed by atoms with Gasteiger partial charge in [0, 0.05) is 157 Å². The number of ketones is 6. The summed E-state index contributed by atoms with van der Waals surface area (Å²) in [6.45, 7) is 10.6. The highest BCUT2D eigenvalue weighted by atomic mass is 33.1. The van der Waals surface area contributed by atoms with Gasteiger partial charge in [0.2, 0.25) is 23.1 Å². The summed E-state index contributed by atoms with van der Waals surface area (Å²) >= 11 is 0. The molecule has 6 aliphatic heterocycles. The summed E-state index contributed by atoms with van der Waals surface area (Å²) in [5.41, 5.74) is 12.0. The van der Waals surface area contributed by atoms with Crippen molar-refractivity contribution in [1.82, 2.24) is 60.1 Å². The number of methoxy groups -OCH3 is 3. The minimum absolute atomic E-state index is 0.0198. The van der Waals surface area contributed by atoms with Gasteiger partial charge in [0.05, 0.1) is 96.0 Å². The van der Waals surface area contributed by atoms with Crippen molar-refractivity contribution in [2.24, 2.45) is 17.6 Å². The van der Waals surface area contributed by atoms with E-state index >= 15 is 0 Å². The minimum Gasteiger partial charge on any atom is -0.492 e. The smallest absolute Gasteiger partial charge is 0.410 e. The number of amides is 4. The quantitative estimate of drug-likeness (QED) is 0.00482. The third kappa shape index (κ3) is 26.3. The molecule has 48 heteroatoms. The Morgan fingerprint density at radius 2 is 0.850 bits per heavy atom. The molecule has 8 atom stereocenters. The van der Waals surface area contributed by atoms with Crippen LogP contribution in [0.3, 0.4) is 0 Å². The van der Waals surface area contributed by atoms with Crippen molar-refractivity contribution in [1.29, 1.82) is 0 Å². The monoisotopic (exact) mass is 2090 g/mol. The molecule has 8 N–H and O–H groups in total. The van der Waals surface area contributed by atoms with Crippen LogP contribution < -0.4 is 38.1 Å². The molecular formula is C99H101N15O29S4. The van der Waals surface area contributed by atoms with E-state index in [0.29, 0.717) is 98.3 Å². The van der Waals surface area contributed by atoms with Gasteiger partial charge in [-0.05, 0) is 149 Å². The minimum atomic E-state index is -1.33. The third-order valence-electron chi connectivity index (χ3n) is 24.8. The Morgan fingerprint density at radius 3 is 1.22 bits per heavy atom. The van der Waals surface area contributed by atoms with Gasteiger partial charge in [-0.15, -0.1) is 0 Å². The van der Waals surface area contributed by atoms with E-state index in [4.69, 9.17) is 77.2 Å². The van der Waals surface area contributed by atoms with Crippen molar-refractivity contribution in [2.75, 3.05) is 82.9 Å². The number of benzene rings is 4. The standard InChI is InChI=1S/C48H51N7O11S2.C47H50N8O10S2.4CO2/c1-26-20-36-39(46(61)52-26)53-32(22-51-36)21-50-31-14-12-30(13-15-31)45(60)49-18-6-8-33(57)9-7-19-67-68-34-16-10-29(11-17-34)24-66-47(62)55-37-23-54-40-38(42(59)43(63-4)27(2)41(40)58)35(25-65-28(3)56)48(54,64-5)44(37)55;1-25-19-35-39(45(61)52-25)53-31(21-51-35)20-50-30-13-11-29(12-14-30)44(60)49-17-5-7-32(57)8-6-18-66-67-33-15-9-28(10-16-33)23-65-46(62)55-36-22-54-40-37(42(59)38(48)26(2)41(40)58)34(24-64-27(3)56)47(54,63-4)43(36)55;4*2-1-3/h10-17,20,22,35,37,44,50H,6-9,18-19,21,23-25H2,1-5H3,(H,49,60)(H,52,61);9-16,19,21,34,36,43,50H,5-8,17-18,20,22-24,48H2,1-4H3,(H,49,60)(H,52,61);;;;/t35-,37+,44+,48-,55?;34-,36+,43+,47-,55?;;;;/m11..../s1. The zero-order valence-corrected chi connectivity index (χ0v) is 84.0. The number of nitrogens with one attached hydrogen (secondary N) is 6. The summed E-state index contributed by atoms with van der Waals surface area (Å²) < 4.78 is 39.7. The number of aromatic nitrogens is 6. The largest absolute Gasteiger partial charge is 0.492 e. The first-order valence-corrected chi connectivity index (χ1v) is 50.2. The molecule has 8 aliphatic rings. The number of aromatic amines is 2. The number of hydrogen-bond acceptors (Lipinski definition) is 42. The van der Waals surface area contributed by atoms with Gasteiger partial charge in [0.25, 0.3) is 22.9 Å². The van der Waals surface area contributed by atoms with Crippen molar-refractivity contribution in [3.05, 3.63) is 232 Å². The number of esters is 2. The van der Waals surface area contributed by atoms with Crippen LogP contribution in [0.15, 0.2) is 186 Å². The Balaban J connectivity index is 0.000000252. The maximum Gasteiger partial charge on any atom is 0.410 e. The number of rotatable bonds is 39. The van der Waals surface area contributed by atoms with Crippen molar-refractivity contribution in [3.8, 4) is 0 Å². The topological polar surface area (TPSA) is 610 Å². The predicted octanol–water partition coefficient (Wildman–Crippen LogP) is 7.79. The van der Waals surface area contributed by atoms with Crippen LogP contribution in [0.1, 0.15) is 134 Å². The molecule has 4 fully saturated rings. The molecule has 0 saturated carbocycles. The molecule has 4 aromatic heterocycles. The number of hydrogen-bond donors (Lipinski definition) is 7. The molecule has 770 valence electrons. The zero-order valence-electron chi connectivity index (χ0n) is 80.8. The second kappa shape index (κ2) is 51.8. The molecule has 0 bridgehead atoms. The summed E-state index contributed by atoms with van der Waals surface area (Å²) in [5, 5.41) is 12.2. The molecule has 10 heterocycles. The Bertz CT molecular complexity index is 6750. The van der Waals surface area contributed by atoms with E-state index in [0.717, 1.165) is 68.0 Å². The molecule has 0 spiro atoms. The normalized spacial score (nSPS) is 18.9. The van der Waals surface area contributed by atoms with Gasteiger partial charge in [0.1, 0.15) is 50.1 Å². The maximum atomic E-state index is 13.7. The summed E-state index contributed by atoms with van der Waals surface area (Å²) in [6, 6.07) is 31.0. The molecular weight excluding hydrogens is 1990 g/mol. The number of ether oxygens (including phenoxy) is 7. The van der Waals surface area contributed by atoms with Gasteiger partial charge in [-0.25, -0.2) is 19.6 Å². The van der Waals surface area contributed by atoms with Crippen LogP contribution in [-0.2, 0) is 136 Å². The van der Waals surface area contributed by atoms with Crippen LogP contribution in [0, 0.1) is 25.7 Å². The maximum absolute atomic E-state index is 13.7. The highest BCUT2D eigenvalue weighted by Gasteiger charge is 2.80. The van der Waals surface area contributed by atoms with E-state index < -0.39 is 76.8 Å². The number of nitrogens with two attached hydrogens (primary N) is 1. The lowest BCUT2D eigenvalue weighted by molar-refractivity contribution is -0.193. The van der Waals surface area contributed by atoms with E-state index in [1.54, 1.807) is 150 Å². The van der Waals surface area contributed by atoms with Crippen LogP contribution in [0.25, 0.3) is 22.1 Å². The molecule has 4 saturated heterocycles. The predicted molar refractivity (Wildman–Crippen MR) is 522 cm³/mol. The lowest BCUT2D eigenvalue weighted by atomic mass is 9.82. The number of Topliss-reactive ketones (excluding diaryl/α,β-unsaturated/α-hetero) is 6. The number of piperazine rings is 2. The summed E-state index contributed by atoms with van der Waals surface area (Å²) in [6.07, 6.45) is 7.33. The zero-order chi connectivity index (χ0) is 107. The highest BCUT2D eigenvalue weighted by molar-refractivity contribution is 8.77. The van der Waals surface area contributed by atoms with Gasteiger partial charge in [0.15, 0.2) is 28.2 Å². The van der Waals surface area contributed by atoms with E-state index in [1.165, 1.54) is 49.0 Å². The molecule has 2 aliphatic carbocycles. The summed E-state index contributed by atoms with van der Waals surface area (Å²) in [7, 11) is 10.7. The number of carbonyl (C=O) groups is 12. The number of carbonyl (C=O) groups excluding carboxylic acids is 20. The molecule has 8 aromatic rings. The second-order valence-corrected chi connectivity index (χ2v) is 38.9. The summed E-state index contributed by atoms with van der Waals surface area (Å²) in [4.78, 5) is 276. The van der Waals surface area contributed by atoms with Crippen molar-refractivity contribution in [3.63, 3.8) is 0 Å². The highest BCUT2D eigenvalue weighted by Crippen LogP contribution is 2.62. The molecule has 44 nitrogen and oxygen atoms in total. The van der Waals surface area contributed by atoms with Gasteiger partial charge >= 0.3 is 48.7 Å². The molecule has 16 rings (SSSR count). The average Bonchev–Trinajstić information content (AvgIpc) is 1.48. The molecule has 4 aromatic carbocycles. The fourth-order valence-corrected chi connectivity index (χ4v) is 22.3. The number of H-pyrrole nitrogens is 2. The van der Waals surface area contributed by atoms with Crippen LogP contribution in [0.2, 0.25) is 0 Å². The van der Waals surface area contributed by atoms with Crippen LogP contribution in [0.5, 0.6) is 0 Å². The second-order valence-electron chi connectivity index (χ2n) is 33.9. The first kappa shape index (κ1) is 112. The first-order chi connectivity index (χ1) is 70.6. The SMILES string of the molecule is COC1=C(C)C(=O)C2=C(C1=O)[C@@H](COC(C)=O)[C@@]1(OC)[C@@H]3[C@H](CN21)N3C(=O)OCc1ccc(SSCCCC(=O)CCCNC(=O)c2ccc(NCc3cnc4cc(C)[nH]c(=O)c4n3)cc2)cc1.CO[C@@]12[C@H](COC(C)=O)C3=C(C(=O)C(C)=C(N)C3=O)N1C[C@H]1[C@@H]2N1C(=O)OCc1ccc(SSCCCC(=O)CCCNC(=O)c2ccc(NCc3cnc4cc(C)[nH]c(=O)c4n3)cc2)cc1.O=C=O.O=C=O.O=C=O.O=C=O. The molecule has 147 heavy (non-hydrogen) atoms. The Labute approximate surface area is 853 Å². The fraction of sp³-hybridized carbons (Fsp3) is 0.374. The van der Waals surface area contributed by atoms with E-state index in [9.17, 15) is 67.1 Å². The van der Waals surface area contributed by atoms with E-state index in [-0.39, 0.29) is 173 Å². The van der Waals surface area contributed by atoms with Gasteiger partial charge in [-0.1, -0.05) is 67.4 Å². The third-order valence-corrected chi connectivity index (χ3v) is 29.7. The Morgan fingerprint density at radius 1 is 0.483 bits per heavy atom. The van der Waals surface area contributed by atoms with E-state index in [2.05, 4.69) is 51.2 Å². The number of pyridine rings is 2. The van der Waals surface area contributed by atoms with Crippen LogP contribution >= 0.6 is 43.2 Å². The fourth-order valence-electron chi connectivity index (χ4n) is 18.2. The molecule has 4 amide bonds. The van der Waals surface area contributed by atoms with Gasteiger partial charge in [-0.3, -0.25) is 77.3 Å². The van der Waals surface area contributed by atoms with Crippen molar-refractivity contribution in [2.45, 2.75) is 165 Å². The summed E-state index contributed by atoms with van der Waals surface area (Å²) in [5.74, 6) is -3.28. The number of allylic oxidation sites excluding steroid dienone is 4. The van der Waals surface area contributed by atoms with E-state index in [1.807, 2.05) is 48.5 Å². The van der Waals surface area contributed by atoms with Gasteiger partial charge < -0.3 is 79.9 Å². The average molecular weight is 2090 g/mol. The van der Waals surface area contributed by atoms with Crippen molar-refractivity contribution < 1.29 is 129 Å². The Kier molecular flexibility index (Phi) is 39.4. The lowest BCUT2D eigenvalue weighted by Crippen LogP contribution is -2.56. The number of fused-ring (bicyclic) bond motifs is 10. The lowest BCUT2D eigenvalue weighted by Gasteiger charge is -2.40. The number of aryl methyl sites for hydroxylation is 2. The number of anilines is 2. The number of nitrogens with zero attached hydrogens (tertiary/aromatic N) is 8. The first-order valence-electron chi connectivity index (χ1n) is 45.6. The van der Waals surface area contributed by atoms with Crippen LogP contribution in [-0.4, -0.2) is 253 Å².